The van der Waals surface area contributed by atoms with E-state index in [0.29, 0.717) is 30.3 Å². The number of hydrogen-bond acceptors (Lipinski definition) is 9. The van der Waals surface area contributed by atoms with Crippen LogP contribution in [0.25, 0.3) is 11.6 Å². The molecule has 0 aliphatic carbocycles. The van der Waals surface area contributed by atoms with E-state index in [0.717, 1.165) is 29.9 Å². The Balaban J connectivity index is 1.25. The van der Waals surface area contributed by atoms with Gasteiger partial charge in [0.15, 0.2) is 0 Å². The highest BCUT2D eigenvalue weighted by Crippen LogP contribution is 2.26. The van der Waals surface area contributed by atoms with E-state index in [4.69, 9.17) is 14.1 Å². The van der Waals surface area contributed by atoms with E-state index < -0.39 is 6.17 Å². The number of fused-ring (bicyclic) bond motifs is 1. The first-order chi connectivity index (χ1) is 17.7. The molecule has 1 fully saturated rings. The van der Waals surface area contributed by atoms with Crippen LogP contribution in [0.15, 0.2) is 82.3 Å². The molecule has 0 radical (unpaired) electrons. The van der Waals surface area contributed by atoms with E-state index in [1.165, 1.54) is 0 Å². The van der Waals surface area contributed by atoms with Crippen LogP contribution in [0.3, 0.4) is 0 Å². The number of rotatable bonds is 5. The van der Waals surface area contributed by atoms with E-state index in [-0.39, 0.29) is 17.8 Å². The number of hydrogen-bond donors (Lipinski definition) is 2. The van der Waals surface area contributed by atoms with Crippen LogP contribution in [0.1, 0.15) is 11.1 Å². The maximum Gasteiger partial charge on any atom is 0.317 e. The molecule has 0 bridgehead atoms. The number of benzene rings is 2. The Morgan fingerprint density at radius 3 is 2.56 bits per heavy atom. The molecule has 1 atom stereocenters. The molecule has 4 heterocycles. The van der Waals surface area contributed by atoms with Crippen LogP contribution in [-0.4, -0.2) is 59.3 Å². The molecule has 2 aromatic carbocycles. The number of anilines is 3. The third-order valence-electron chi connectivity index (χ3n) is 6.02. The molecule has 10 nitrogen and oxygen atoms in total. The average Bonchev–Trinajstić information content (AvgIpc) is 3.36. The van der Waals surface area contributed by atoms with Crippen molar-refractivity contribution in [2.45, 2.75) is 6.17 Å². The molecule has 1 amide bonds. The molecule has 2 aliphatic rings. The number of pyridine rings is 1. The maximum absolute atomic E-state index is 13.0. The van der Waals surface area contributed by atoms with Crippen molar-refractivity contribution in [3.05, 3.63) is 84.1 Å². The van der Waals surface area contributed by atoms with Crippen LogP contribution in [0, 0.1) is 0 Å². The summed E-state index contributed by atoms with van der Waals surface area (Å²) in [5.41, 5.74) is 4.64. The summed E-state index contributed by atoms with van der Waals surface area (Å²) < 4.78 is 11.2. The summed E-state index contributed by atoms with van der Waals surface area (Å²) >= 11 is 0. The lowest BCUT2D eigenvalue weighted by Crippen LogP contribution is -2.36. The van der Waals surface area contributed by atoms with Crippen molar-refractivity contribution in [1.29, 1.82) is 0 Å². The van der Waals surface area contributed by atoms with Gasteiger partial charge >= 0.3 is 6.01 Å². The van der Waals surface area contributed by atoms with Crippen LogP contribution < -0.4 is 15.5 Å². The Morgan fingerprint density at radius 2 is 1.75 bits per heavy atom. The Bertz CT molecular complexity index is 1400. The summed E-state index contributed by atoms with van der Waals surface area (Å²) in [4.78, 5) is 24.5. The number of ether oxygens (including phenoxy) is 1. The highest BCUT2D eigenvalue weighted by atomic mass is 16.5. The normalized spacial score (nSPS) is 17.6. The van der Waals surface area contributed by atoms with E-state index in [1.807, 2.05) is 66.7 Å². The van der Waals surface area contributed by atoms with Gasteiger partial charge in [0.1, 0.15) is 5.69 Å². The Morgan fingerprint density at radius 1 is 0.944 bits per heavy atom. The zero-order valence-corrected chi connectivity index (χ0v) is 19.3. The second kappa shape index (κ2) is 9.59. The van der Waals surface area contributed by atoms with Gasteiger partial charge < -0.3 is 24.7 Å². The van der Waals surface area contributed by atoms with Crippen molar-refractivity contribution in [3.8, 4) is 11.6 Å². The number of para-hydroxylation sites is 1. The van der Waals surface area contributed by atoms with Crippen LogP contribution in [0.2, 0.25) is 0 Å². The highest BCUT2D eigenvalue weighted by Gasteiger charge is 2.27. The number of benzodiazepines with no additional fused rings is 1. The van der Waals surface area contributed by atoms with Gasteiger partial charge in [0, 0.05) is 24.2 Å². The number of morpholine rings is 1. The van der Waals surface area contributed by atoms with E-state index in [9.17, 15) is 4.79 Å². The summed E-state index contributed by atoms with van der Waals surface area (Å²) in [5.74, 6) is -0.0864. The molecular formula is C26H23N7O3. The van der Waals surface area contributed by atoms with Crippen LogP contribution >= 0.6 is 0 Å². The van der Waals surface area contributed by atoms with E-state index in [2.05, 4.69) is 30.7 Å². The Labute approximate surface area is 207 Å². The monoisotopic (exact) mass is 481 g/mol. The average molecular weight is 482 g/mol. The minimum Gasteiger partial charge on any atom is -0.402 e. The molecule has 36 heavy (non-hydrogen) atoms. The maximum atomic E-state index is 13.0. The van der Waals surface area contributed by atoms with Crippen molar-refractivity contribution in [3.63, 3.8) is 0 Å². The van der Waals surface area contributed by atoms with Gasteiger partial charge in [-0.15, -0.1) is 5.10 Å². The zero-order chi connectivity index (χ0) is 24.3. The number of aromatic nitrogens is 3. The number of aliphatic imine (C=N–C) groups is 1. The molecule has 0 spiro atoms. The smallest absolute Gasteiger partial charge is 0.317 e. The minimum atomic E-state index is -0.974. The lowest BCUT2D eigenvalue weighted by atomic mass is 10.0. The topological polar surface area (TPSA) is 118 Å². The lowest BCUT2D eigenvalue weighted by Gasteiger charge is -2.28. The number of nitrogens with one attached hydrogen (secondary N) is 2. The quantitative estimate of drug-likeness (QED) is 0.446. The molecular weight excluding hydrogens is 458 g/mol. The van der Waals surface area contributed by atoms with E-state index >= 15 is 0 Å². The number of carbonyl (C=O) groups excluding carboxylic acids is 1. The second-order valence-electron chi connectivity index (χ2n) is 8.34. The molecule has 1 saturated heterocycles. The summed E-state index contributed by atoms with van der Waals surface area (Å²) in [6, 6.07) is 21.2. The molecule has 4 aromatic rings. The van der Waals surface area contributed by atoms with Gasteiger partial charge in [-0.2, -0.15) is 0 Å². The fourth-order valence-electron chi connectivity index (χ4n) is 4.20. The fourth-order valence-corrected chi connectivity index (χ4v) is 4.20. The van der Waals surface area contributed by atoms with Crippen LogP contribution in [0.4, 0.5) is 17.4 Å². The first-order valence-electron chi connectivity index (χ1n) is 11.7. The van der Waals surface area contributed by atoms with Crippen molar-refractivity contribution < 1.29 is 13.9 Å². The van der Waals surface area contributed by atoms with Gasteiger partial charge in [-0.05, 0) is 18.2 Å². The molecule has 0 unspecified atom stereocenters. The summed E-state index contributed by atoms with van der Waals surface area (Å²) in [7, 11) is 0. The van der Waals surface area contributed by atoms with Crippen molar-refractivity contribution in [2.24, 2.45) is 4.99 Å². The number of amides is 1. The third kappa shape index (κ3) is 4.41. The predicted octanol–water partition coefficient (Wildman–Crippen LogP) is 3.20. The van der Waals surface area contributed by atoms with Crippen molar-refractivity contribution in [1.82, 2.24) is 15.2 Å². The first kappa shape index (κ1) is 21.9. The van der Waals surface area contributed by atoms with Gasteiger partial charge in [0.2, 0.25) is 6.17 Å². The fraction of sp³-hybridized carbons (Fsp3) is 0.192. The van der Waals surface area contributed by atoms with Crippen LogP contribution in [0.5, 0.6) is 0 Å². The molecule has 0 saturated carbocycles. The molecule has 6 rings (SSSR count). The highest BCUT2D eigenvalue weighted by molar-refractivity contribution is 6.19. The summed E-state index contributed by atoms with van der Waals surface area (Å²) in [5, 5.41) is 14.1. The lowest BCUT2D eigenvalue weighted by molar-refractivity contribution is -0.116. The first-order valence-corrected chi connectivity index (χ1v) is 11.7. The van der Waals surface area contributed by atoms with Crippen LogP contribution in [-0.2, 0) is 9.53 Å². The van der Waals surface area contributed by atoms with Gasteiger partial charge in [-0.25, -0.2) is 9.98 Å². The summed E-state index contributed by atoms with van der Waals surface area (Å²) in [6.45, 7) is 3.06. The molecule has 2 aromatic heterocycles. The largest absolute Gasteiger partial charge is 0.402 e. The number of nitrogens with zero attached hydrogens (tertiary/aromatic N) is 5. The number of carbonyl (C=O) groups is 1. The summed E-state index contributed by atoms with van der Waals surface area (Å²) in [6.07, 6.45) is 0.808. The molecule has 2 aliphatic heterocycles. The van der Waals surface area contributed by atoms with Gasteiger partial charge in [0.05, 0.1) is 36.5 Å². The standard InChI is InChI=1S/C26H23N7O3/c34-24-23(29-22(17-6-2-1-3-7-17)19-8-4-5-9-20(19)28-24)30-26-32-31-25(36-26)21-11-10-18(16-27-21)33-12-14-35-15-13-33/h1-11,16,23H,12-15H2,(H,28,34)(H,30,32)/t23-/m1/s1. The SMILES string of the molecule is O=C1Nc2ccccc2C(c2ccccc2)=N[C@@H]1Nc1nnc(-c2ccc(N3CCOCC3)cn2)o1. The Hall–Kier alpha value is -4.57. The third-order valence-corrected chi connectivity index (χ3v) is 6.02. The minimum absolute atomic E-state index is 0.0753. The zero-order valence-electron chi connectivity index (χ0n) is 19.3. The molecule has 180 valence electrons. The van der Waals surface area contributed by atoms with Gasteiger partial charge in [-0.1, -0.05) is 53.6 Å². The molecule has 2 N–H and O–H groups in total. The predicted molar refractivity (Wildman–Crippen MR) is 135 cm³/mol. The second-order valence-corrected chi connectivity index (χ2v) is 8.34. The van der Waals surface area contributed by atoms with Gasteiger partial charge in [0.25, 0.3) is 11.8 Å². The van der Waals surface area contributed by atoms with Crippen molar-refractivity contribution in [2.75, 3.05) is 41.8 Å². The van der Waals surface area contributed by atoms with Crippen molar-refractivity contribution >= 4 is 29.0 Å². The van der Waals surface area contributed by atoms with Gasteiger partial charge in [-0.3, -0.25) is 4.79 Å². The Kier molecular flexibility index (Phi) is 5.84. The van der Waals surface area contributed by atoms with E-state index in [1.54, 1.807) is 6.20 Å². The molecule has 10 heteroatoms.